The predicted octanol–water partition coefficient (Wildman–Crippen LogP) is 7.03. The van der Waals surface area contributed by atoms with E-state index in [-0.39, 0.29) is 0 Å². The van der Waals surface area contributed by atoms with Crippen LogP contribution in [0.4, 0.5) is 0 Å². The molecule has 0 aliphatic heterocycles. The Morgan fingerprint density at radius 1 is 0.556 bits per heavy atom. The molecule has 0 heteroatoms. The molecule has 0 unspecified atom stereocenters. The summed E-state index contributed by atoms with van der Waals surface area (Å²) >= 11 is 0. The Kier molecular flexibility index (Phi) is 3.04. The number of hydrogen-bond acceptors (Lipinski definition) is 0. The summed E-state index contributed by atoms with van der Waals surface area (Å²) < 4.78 is 0. The lowest BCUT2D eigenvalue weighted by Crippen LogP contribution is -1.86. The molecule has 0 heterocycles. The van der Waals surface area contributed by atoms with E-state index in [2.05, 4.69) is 97.1 Å². The first-order valence-corrected chi connectivity index (χ1v) is 9.42. The molecule has 0 nitrogen and oxygen atoms in total. The Morgan fingerprint density at radius 3 is 2.22 bits per heavy atom. The van der Waals surface area contributed by atoms with Gasteiger partial charge in [-0.05, 0) is 79.5 Å². The second kappa shape index (κ2) is 5.56. The molecule has 1 radical (unpaired) electrons. The first-order chi connectivity index (χ1) is 13.4. The molecule has 125 valence electrons. The second-order valence-corrected chi connectivity index (χ2v) is 7.32. The Labute approximate surface area is 158 Å². The standard InChI is InChI=1S/C27H17/c1-2-7-19-17-27-21(14-18(19)6-1)9-5-11-25(27)22-12-13-26-23(16-22)15-20-8-3-4-10-24(20)26/h1-14,17H,15H2. The van der Waals surface area contributed by atoms with Crippen LogP contribution in [0.5, 0.6) is 0 Å². The molecule has 0 fully saturated rings. The summed E-state index contributed by atoms with van der Waals surface area (Å²) in [6.07, 6.45) is 0.979. The van der Waals surface area contributed by atoms with E-state index in [1.807, 2.05) is 0 Å². The molecule has 0 saturated carbocycles. The van der Waals surface area contributed by atoms with Gasteiger partial charge < -0.3 is 0 Å². The molecule has 0 N–H and O–H groups in total. The largest absolute Gasteiger partial charge is 0.0619 e. The van der Waals surface area contributed by atoms with Crippen molar-refractivity contribution < 1.29 is 0 Å². The van der Waals surface area contributed by atoms with Crippen molar-refractivity contribution in [2.75, 3.05) is 0 Å². The van der Waals surface area contributed by atoms with Crippen LogP contribution in [0.1, 0.15) is 11.1 Å². The summed E-state index contributed by atoms with van der Waals surface area (Å²) in [4.78, 5) is 0. The number of hydrogen-bond donors (Lipinski definition) is 0. The summed E-state index contributed by atoms with van der Waals surface area (Å²) in [5.41, 5.74) is 7.86. The fourth-order valence-corrected chi connectivity index (χ4v) is 4.42. The molecule has 0 bridgehead atoms. The number of fused-ring (bicyclic) bond motifs is 5. The Hall–Kier alpha value is -3.38. The summed E-state index contributed by atoms with van der Waals surface area (Å²) in [5.74, 6) is 0. The number of benzene rings is 5. The van der Waals surface area contributed by atoms with Crippen LogP contribution in [-0.4, -0.2) is 0 Å². The van der Waals surface area contributed by atoms with Gasteiger partial charge in [0, 0.05) is 0 Å². The van der Waals surface area contributed by atoms with Crippen molar-refractivity contribution in [3.05, 3.63) is 108 Å². The third-order valence-corrected chi connectivity index (χ3v) is 5.74. The molecule has 0 atom stereocenters. The summed E-state index contributed by atoms with van der Waals surface area (Å²) in [5, 5.41) is 5.15. The minimum absolute atomic E-state index is 0.979. The van der Waals surface area contributed by atoms with Gasteiger partial charge in [0.25, 0.3) is 0 Å². The Morgan fingerprint density at radius 2 is 1.30 bits per heavy atom. The van der Waals surface area contributed by atoms with Gasteiger partial charge in [-0.2, -0.15) is 0 Å². The van der Waals surface area contributed by atoms with Crippen LogP contribution in [0.2, 0.25) is 0 Å². The molecular formula is C27H17. The van der Waals surface area contributed by atoms with Crippen LogP contribution >= 0.6 is 0 Å². The van der Waals surface area contributed by atoms with E-state index in [4.69, 9.17) is 0 Å². The maximum atomic E-state index is 3.73. The Balaban J connectivity index is 1.56. The van der Waals surface area contributed by atoms with Crippen molar-refractivity contribution in [2.45, 2.75) is 6.42 Å². The average Bonchev–Trinajstić information content (AvgIpc) is 3.09. The van der Waals surface area contributed by atoms with Gasteiger partial charge in [0.05, 0.1) is 0 Å². The highest BCUT2D eigenvalue weighted by Crippen LogP contribution is 2.39. The highest BCUT2D eigenvalue weighted by Gasteiger charge is 2.19. The third-order valence-electron chi connectivity index (χ3n) is 5.74. The topological polar surface area (TPSA) is 0 Å². The van der Waals surface area contributed by atoms with E-state index in [0.717, 1.165) is 6.42 Å². The lowest BCUT2D eigenvalue weighted by molar-refractivity contribution is 1.26. The zero-order valence-corrected chi connectivity index (χ0v) is 14.9. The predicted molar refractivity (Wildman–Crippen MR) is 114 cm³/mol. The van der Waals surface area contributed by atoms with E-state index < -0.39 is 0 Å². The first kappa shape index (κ1) is 14.8. The smallest absolute Gasteiger partial charge is 0.000706 e. The molecule has 1 aliphatic rings. The third kappa shape index (κ3) is 2.23. The maximum absolute atomic E-state index is 3.73. The van der Waals surface area contributed by atoms with Crippen LogP contribution < -0.4 is 0 Å². The van der Waals surface area contributed by atoms with Crippen LogP contribution in [-0.2, 0) is 6.42 Å². The summed E-state index contributed by atoms with van der Waals surface area (Å²) in [6.45, 7) is 0. The van der Waals surface area contributed by atoms with Gasteiger partial charge in [0.1, 0.15) is 0 Å². The van der Waals surface area contributed by atoms with Crippen molar-refractivity contribution in [1.29, 1.82) is 0 Å². The van der Waals surface area contributed by atoms with Crippen molar-refractivity contribution >= 4 is 21.5 Å². The van der Waals surface area contributed by atoms with Gasteiger partial charge >= 0.3 is 0 Å². The van der Waals surface area contributed by atoms with Crippen molar-refractivity contribution in [3.8, 4) is 22.3 Å². The average molecular weight is 341 g/mol. The maximum Gasteiger partial charge on any atom is -0.000706 e. The molecule has 1 aliphatic carbocycles. The highest BCUT2D eigenvalue weighted by molar-refractivity contribution is 6.05. The van der Waals surface area contributed by atoms with Crippen LogP contribution in [0.3, 0.4) is 0 Å². The highest BCUT2D eigenvalue weighted by atomic mass is 14.2. The summed E-state index contributed by atoms with van der Waals surface area (Å²) in [7, 11) is 0. The van der Waals surface area contributed by atoms with E-state index >= 15 is 0 Å². The molecule has 6 rings (SSSR count). The van der Waals surface area contributed by atoms with Crippen molar-refractivity contribution in [1.82, 2.24) is 0 Å². The van der Waals surface area contributed by atoms with Crippen LogP contribution in [0.15, 0.2) is 91.0 Å². The molecule has 0 amide bonds. The SMILES string of the molecule is [c]1c(-c2cccc3cc4ccccc4cc23)ccc2c1Cc1ccccc1-2. The first-order valence-electron chi connectivity index (χ1n) is 9.42. The fourth-order valence-electron chi connectivity index (χ4n) is 4.42. The monoisotopic (exact) mass is 341 g/mol. The molecular weight excluding hydrogens is 324 g/mol. The van der Waals surface area contributed by atoms with Crippen molar-refractivity contribution in [3.63, 3.8) is 0 Å². The summed E-state index contributed by atoms with van der Waals surface area (Å²) in [6, 6.07) is 36.7. The molecule has 5 aromatic rings. The van der Waals surface area contributed by atoms with Gasteiger partial charge in [-0.15, -0.1) is 0 Å². The fraction of sp³-hybridized carbons (Fsp3) is 0.0370. The van der Waals surface area contributed by atoms with Crippen LogP contribution in [0, 0.1) is 6.07 Å². The van der Waals surface area contributed by atoms with Gasteiger partial charge in [0.15, 0.2) is 0 Å². The van der Waals surface area contributed by atoms with Crippen LogP contribution in [0.25, 0.3) is 43.8 Å². The zero-order valence-electron chi connectivity index (χ0n) is 14.9. The van der Waals surface area contributed by atoms with Gasteiger partial charge in [-0.1, -0.05) is 78.9 Å². The molecule has 0 saturated heterocycles. The molecule has 0 spiro atoms. The Bertz CT molecular complexity index is 1340. The molecule has 27 heavy (non-hydrogen) atoms. The van der Waals surface area contributed by atoms with Gasteiger partial charge in [-0.3, -0.25) is 0 Å². The van der Waals surface area contributed by atoms with Gasteiger partial charge in [0.2, 0.25) is 0 Å². The lowest BCUT2D eigenvalue weighted by Gasteiger charge is -2.10. The van der Waals surface area contributed by atoms with E-state index in [1.165, 1.54) is 54.9 Å². The normalized spacial score (nSPS) is 12.3. The van der Waals surface area contributed by atoms with E-state index in [9.17, 15) is 0 Å². The minimum Gasteiger partial charge on any atom is -0.0619 e. The quantitative estimate of drug-likeness (QED) is 0.282. The van der Waals surface area contributed by atoms with E-state index in [1.54, 1.807) is 0 Å². The van der Waals surface area contributed by atoms with Gasteiger partial charge in [-0.25, -0.2) is 0 Å². The van der Waals surface area contributed by atoms with E-state index in [0.29, 0.717) is 0 Å². The lowest BCUT2D eigenvalue weighted by atomic mass is 9.93. The van der Waals surface area contributed by atoms with Crippen molar-refractivity contribution in [2.24, 2.45) is 0 Å². The molecule has 0 aromatic heterocycles. The molecule has 5 aromatic carbocycles. The zero-order chi connectivity index (χ0) is 17.8. The second-order valence-electron chi connectivity index (χ2n) is 7.32. The number of rotatable bonds is 1. The minimum atomic E-state index is 0.979.